The van der Waals surface area contributed by atoms with Gasteiger partial charge in [-0.05, 0) is 18.1 Å². The van der Waals surface area contributed by atoms with Gasteiger partial charge in [-0.25, -0.2) is 4.79 Å². The predicted molar refractivity (Wildman–Crippen MR) is 96.4 cm³/mol. The summed E-state index contributed by atoms with van der Waals surface area (Å²) in [5.41, 5.74) is 0.313. The molecule has 2 aliphatic heterocycles. The SMILES string of the molecule is CCC(CC)CN1CC2(CCN(C(=O)c3ccccc3)CC2)OC1=O. The minimum absolute atomic E-state index is 0.0636. The van der Waals surface area contributed by atoms with E-state index in [-0.39, 0.29) is 12.0 Å². The maximum atomic E-state index is 12.6. The third-order valence-electron chi connectivity index (χ3n) is 5.66. The quantitative estimate of drug-likeness (QED) is 0.821. The van der Waals surface area contributed by atoms with Crippen LogP contribution in [0.3, 0.4) is 0 Å². The van der Waals surface area contributed by atoms with Crippen molar-refractivity contribution in [1.29, 1.82) is 0 Å². The number of likely N-dealkylation sites (tertiary alicyclic amines) is 1. The smallest absolute Gasteiger partial charge is 0.410 e. The lowest BCUT2D eigenvalue weighted by Crippen LogP contribution is -2.48. The zero-order valence-electron chi connectivity index (χ0n) is 15.2. The Balaban J connectivity index is 1.58. The number of carbonyl (C=O) groups excluding carboxylic acids is 2. The van der Waals surface area contributed by atoms with Crippen LogP contribution in [-0.2, 0) is 4.74 Å². The van der Waals surface area contributed by atoms with Gasteiger partial charge >= 0.3 is 6.09 Å². The molecular formula is C20H28N2O3. The normalized spacial score (nSPS) is 19.6. The van der Waals surface area contributed by atoms with E-state index in [1.54, 1.807) is 0 Å². The Morgan fingerprint density at radius 1 is 1.16 bits per heavy atom. The van der Waals surface area contributed by atoms with Crippen LogP contribution in [0.4, 0.5) is 4.79 Å². The summed E-state index contributed by atoms with van der Waals surface area (Å²) in [6, 6.07) is 9.37. The van der Waals surface area contributed by atoms with E-state index in [4.69, 9.17) is 4.74 Å². The van der Waals surface area contributed by atoms with Crippen LogP contribution in [0.2, 0.25) is 0 Å². The fraction of sp³-hybridized carbons (Fsp3) is 0.600. The maximum absolute atomic E-state index is 12.6. The molecule has 3 rings (SSSR count). The van der Waals surface area contributed by atoms with Crippen LogP contribution in [-0.4, -0.2) is 53.6 Å². The number of amides is 2. The van der Waals surface area contributed by atoms with Crippen molar-refractivity contribution in [3.63, 3.8) is 0 Å². The Labute approximate surface area is 149 Å². The highest BCUT2D eigenvalue weighted by Crippen LogP contribution is 2.34. The Bertz CT molecular complexity index is 605. The molecular weight excluding hydrogens is 316 g/mol. The molecule has 136 valence electrons. The first-order valence-electron chi connectivity index (χ1n) is 9.39. The summed E-state index contributed by atoms with van der Waals surface area (Å²) in [5.74, 6) is 0.594. The van der Waals surface area contributed by atoms with E-state index in [0.29, 0.717) is 25.6 Å². The van der Waals surface area contributed by atoms with Crippen LogP contribution in [0.1, 0.15) is 49.9 Å². The molecule has 2 fully saturated rings. The zero-order valence-corrected chi connectivity index (χ0v) is 15.2. The van der Waals surface area contributed by atoms with Gasteiger partial charge in [0.05, 0.1) is 6.54 Å². The highest BCUT2D eigenvalue weighted by molar-refractivity contribution is 5.94. The van der Waals surface area contributed by atoms with Gasteiger partial charge in [0.2, 0.25) is 0 Å². The highest BCUT2D eigenvalue weighted by Gasteiger charge is 2.47. The second-order valence-electron chi connectivity index (χ2n) is 7.27. The number of ether oxygens (including phenoxy) is 1. The minimum Gasteiger partial charge on any atom is -0.441 e. The number of hydrogen-bond acceptors (Lipinski definition) is 3. The van der Waals surface area contributed by atoms with Crippen LogP contribution in [0.25, 0.3) is 0 Å². The number of nitrogens with zero attached hydrogens (tertiary/aromatic N) is 2. The van der Waals surface area contributed by atoms with E-state index in [9.17, 15) is 9.59 Å². The lowest BCUT2D eigenvalue weighted by Gasteiger charge is -2.37. The molecule has 0 unspecified atom stereocenters. The standard InChI is InChI=1S/C20H28N2O3/c1-3-16(4-2)14-22-15-20(25-19(22)24)10-12-21(13-11-20)18(23)17-8-6-5-7-9-17/h5-9,16H,3-4,10-15H2,1-2H3. The van der Waals surface area contributed by atoms with Gasteiger partial charge in [0, 0.05) is 38.0 Å². The first-order chi connectivity index (χ1) is 12.1. The fourth-order valence-electron chi connectivity index (χ4n) is 3.83. The van der Waals surface area contributed by atoms with Gasteiger partial charge in [-0.15, -0.1) is 0 Å². The summed E-state index contributed by atoms with van der Waals surface area (Å²) in [5, 5.41) is 0. The van der Waals surface area contributed by atoms with Gasteiger partial charge in [0.25, 0.3) is 5.91 Å². The third kappa shape index (κ3) is 3.80. The van der Waals surface area contributed by atoms with Crippen LogP contribution < -0.4 is 0 Å². The van der Waals surface area contributed by atoms with Crippen molar-refractivity contribution in [3.8, 4) is 0 Å². The third-order valence-corrected chi connectivity index (χ3v) is 5.66. The number of piperidine rings is 1. The van der Waals surface area contributed by atoms with E-state index in [0.717, 1.165) is 37.8 Å². The predicted octanol–water partition coefficient (Wildman–Crippen LogP) is 3.55. The average Bonchev–Trinajstić information content (AvgIpc) is 2.95. The van der Waals surface area contributed by atoms with E-state index < -0.39 is 5.60 Å². The maximum Gasteiger partial charge on any atom is 0.410 e. The molecule has 0 bridgehead atoms. The van der Waals surface area contributed by atoms with Crippen molar-refractivity contribution >= 4 is 12.0 Å². The molecule has 1 aromatic carbocycles. The zero-order chi connectivity index (χ0) is 17.9. The molecule has 25 heavy (non-hydrogen) atoms. The summed E-state index contributed by atoms with van der Waals surface area (Å²) < 4.78 is 5.78. The molecule has 0 radical (unpaired) electrons. The molecule has 2 aliphatic rings. The molecule has 5 heteroatoms. The molecule has 0 N–H and O–H groups in total. The van der Waals surface area contributed by atoms with Crippen LogP contribution >= 0.6 is 0 Å². The summed E-state index contributed by atoms with van der Waals surface area (Å²) in [7, 11) is 0. The highest BCUT2D eigenvalue weighted by atomic mass is 16.6. The molecule has 2 saturated heterocycles. The van der Waals surface area contributed by atoms with Crippen molar-refractivity contribution in [1.82, 2.24) is 9.80 Å². The number of carbonyl (C=O) groups is 2. The van der Waals surface area contributed by atoms with Gasteiger partial charge < -0.3 is 14.5 Å². The monoisotopic (exact) mass is 344 g/mol. The van der Waals surface area contributed by atoms with Crippen molar-refractivity contribution < 1.29 is 14.3 Å². The molecule has 1 spiro atoms. The number of benzene rings is 1. The van der Waals surface area contributed by atoms with Crippen molar-refractivity contribution in [3.05, 3.63) is 35.9 Å². The molecule has 0 aliphatic carbocycles. The number of hydrogen-bond donors (Lipinski definition) is 0. The average molecular weight is 344 g/mol. The summed E-state index contributed by atoms with van der Waals surface area (Å²) in [6.07, 6.45) is 3.40. The Morgan fingerprint density at radius 3 is 2.40 bits per heavy atom. The second kappa shape index (κ2) is 7.46. The largest absolute Gasteiger partial charge is 0.441 e. The van der Waals surface area contributed by atoms with Crippen LogP contribution in [0, 0.1) is 5.92 Å². The first kappa shape index (κ1) is 17.8. The molecule has 0 atom stereocenters. The molecule has 1 aromatic rings. The Morgan fingerprint density at radius 2 is 1.80 bits per heavy atom. The van der Waals surface area contributed by atoms with Gasteiger partial charge in [-0.2, -0.15) is 0 Å². The van der Waals surface area contributed by atoms with E-state index in [1.165, 1.54) is 0 Å². The molecule has 5 nitrogen and oxygen atoms in total. The van der Waals surface area contributed by atoms with Gasteiger partial charge in [-0.1, -0.05) is 44.9 Å². The van der Waals surface area contributed by atoms with Gasteiger partial charge in [0.1, 0.15) is 5.60 Å². The van der Waals surface area contributed by atoms with E-state index in [2.05, 4.69) is 13.8 Å². The Kier molecular flexibility index (Phi) is 5.30. The second-order valence-corrected chi connectivity index (χ2v) is 7.27. The topological polar surface area (TPSA) is 49.9 Å². The van der Waals surface area contributed by atoms with Crippen molar-refractivity contribution in [2.75, 3.05) is 26.2 Å². The lowest BCUT2D eigenvalue weighted by atomic mass is 9.90. The van der Waals surface area contributed by atoms with E-state index >= 15 is 0 Å². The fourth-order valence-corrected chi connectivity index (χ4v) is 3.83. The Hall–Kier alpha value is -2.04. The van der Waals surface area contributed by atoms with Crippen LogP contribution in [0.15, 0.2) is 30.3 Å². The van der Waals surface area contributed by atoms with E-state index in [1.807, 2.05) is 40.1 Å². The number of rotatable bonds is 5. The van der Waals surface area contributed by atoms with Crippen molar-refractivity contribution in [2.24, 2.45) is 5.92 Å². The lowest BCUT2D eigenvalue weighted by molar-refractivity contribution is 0.00312. The molecule has 0 aromatic heterocycles. The minimum atomic E-state index is -0.406. The van der Waals surface area contributed by atoms with Crippen LogP contribution in [0.5, 0.6) is 0 Å². The summed E-state index contributed by atoms with van der Waals surface area (Å²) >= 11 is 0. The summed E-state index contributed by atoms with van der Waals surface area (Å²) in [4.78, 5) is 28.6. The molecule has 0 saturated carbocycles. The van der Waals surface area contributed by atoms with Crippen molar-refractivity contribution in [2.45, 2.75) is 45.1 Å². The molecule has 2 amide bonds. The van der Waals surface area contributed by atoms with Gasteiger partial charge in [0.15, 0.2) is 0 Å². The molecule has 2 heterocycles. The van der Waals surface area contributed by atoms with Gasteiger partial charge in [-0.3, -0.25) is 4.79 Å². The first-order valence-corrected chi connectivity index (χ1v) is 9.39. The summed E-state index contributed by atoms with van der Waals surface area (Å²) in [6.45, 7) is 7.05.